The van der Waals surface area contributed by atoms with Crippen molar-refractivity contribution in [3.05, 3.63) is 200 Å². The second-order valence-corrected chi connectivity index (χ2v) is 17.3. The summed E-state index contributed by atoms with van der Waals surface area (Å²) in [6, 6.07) is 54.2. The summed E-state index contributed by atoms with van der Waals surface area (Å²) in [5.41, 5.74) is 8.78. The highest BCUT2D eigenvalue weighted by Gasteiger charge is 2.45. The van der Waals surface area contributed by atoms with E-state index < -0.39 is 0 Å². The zero-order chi connectivity index (χ0) is 38.2. The van der Waals surface area contributed by atoms with Crippen molar-refractivity contribution in [3.63, 3.8) is 0 Å². The number of piperazine rings is 1. The molecular formula is C46H36Cl4N4S2. The van der Waals surface area contributed by atoms with Crippen LogP contribution in [0.2, 0.25) is 20.1 Å². The van der Waals surface area contributed by atoms with E-state index in [-0.39, 0.29) is 12.3 Å². The zero-order valence-electron chi connectivity index (χ0n) is 30.1. The van der Waals surface area contributed by atoms with Gasteiger partial charge in [-0.3, -0.25) is 18.4 Å². The Bertz CT molecular complexity index is 2200. The Balaban J connectivity index is 1.14. The average Bonchev–Trinajstić information content (AvgIpc) is 3.82. The number of hydrogen-bond acceptors (Lipinski definition) is 6. The topological polar surface area (TPSA) is 13.0 Å². The minimum absolute atomic E-state index is 0.145. The van der Waals surface area contributed by atoms with E-state index in [1.807, 2.05) is 36.4 Å². The lowest BCUT2D eigenvalue weighted by Gasteiger charge is -2.46. The van der Waals surface area contributed by atoms with Crippen molar-refractivity contribution in [1.29, 1.82) is 0 Å². The molecule has 2 unspecified atom stereocenters. The van der Waals surface area contributed by atoms with Crippen LogP contribution in [0.15, 0.2) is 158 Å². The number of halogens is 4. The maximum atomic E-state index is 7.03. The summed E-state index contributed by atoms with van der Waals surface area (Å²) in [7, 11) is 0. The van der Waals surface area contributed by atoms with Gasteiger partial charge in [-0.2, -0.15) is 0 Å². The van der Waals surface area contributed by atoms with Crippen LogP contribution >= 0.6 is 70.3 Å². The minimum atomic E-state index is -0.145. The first-order valence-corrected chi connectivity index (χ1v) is 21.5. The van der Waals surface area contributed by atoms with Crippen molar-refractivity contribution in [2.75, 3.05) is 34.8 Å². The third kappa shape index (κ3) is 7.16. The predicted octanol–water partition coefficient (Wildman–Crippen LogP) is 13.3. The number of anilines is 2. The van der Waals surface area contributed by atoms with E-state index in [1.165, 1.54) is 32.1 Å². The van der Waals surface area contributed by atoms with E-state index in [0.717, 1.165) is 48.7 Å². The van der Waals surface area contributed by atoms with E-state index in [4.69, 9.17) is 46.4 Å². The number of nitrogens with zero attached hydrogens (tertiary/aromatic N) is 4. The molecule has 4 nitrogen and oxygen atoms in total. The van der Waals surface area contributed by atoms with Gasteiger partial charge in [0.15, 0.2) is 0 Å². The Morgan fingerprint density at radius 2 is 0.643 bits per heavy atom. The van der Waals surface area contributed by atoms with Gasteiger partial charge in [0.25, 0.3) is 0 Å². The molecule has 56 heavy (non-hydrogen) atoms. The van der Waals surface area contributed by atoms with Gasteiger partial charge >= 0.3 is 0 Å². The molecule has 9 rings (SSSR count). The van der Waals surface area contributed by atoms with Crippen molar-refractivity contribution in [2.45, 2.75) is 12.3 Å². The first-order chi connectivity index (χ1) is 27.5. The molecule has 0 radical (unpaired) electrons. The number of hydrogen-bond donors (Lipinski definition) is 0. The van der Waals surface area contributed by atoms with E-state index in [9.17, 15) is 0 Å². The number of rotatable bonds is 8. The third-order valence-corrected chi connectivity index (χ3v) is 14.1. The molecular weight excluding hydrogens is 814 g/mol. The first-order valence-electron chi connectivity index (χ1n) is 18.5. The molecule has 280 valence electrons. The average molecular weight is 851 g/mol. The van der Waals surface area contributed by atoms with Crippen LogP contribution in [-0.2, 0) is 0 Å². The third-order valence-electron chi connectivity index (χ3n) is 10.4. The summed E-state index contributed by atoms with van der Waals surface area (Å²) in [5, 5.41) is 2.49. The highest BCUT2D eigenvalue weighted by atomic mass is 35.5. The predicted molar refractivity (Wildman–Crippen MR) is 243 cm³/mol. The first kappa shape index (κ1) is 37.7. The highest BCUT2D eigenvalue weighted by molar-refractivity contribution is 8.10. The molecule has 3 aliphatic heterocycles. The van der Waals surface area contributed by atoms with Crippen LogP contribution in [0.5, 0.6) is 0 Å². The smallest absolute Gasteiger partial charge is 0.121 e. The van der Waals surface area contributed by atoms with Crippen molar-refractivity contribution in [1.82, 2.24) is 9.80 Å². The molecule has 2 atom stereocenters. The molecule has 6 aromatic rings. The molecule has 0 N–H and O–H groups in total. The molecule has 6 aromatic carbocycles. The monoisotopic (exact) mass is 848 g/mol. The zero-order valence-corrected chi connectivity index (χ0v) is 34.8. The molecule has 3 heterocycles. The second kappa shape index (κ2) is 16.6. The summed E-state index contributed by atoms with van der Waals surface area (Å²) >= 11 is 31.5. The standard InChI is InChI=1S/C46H36Cl4N4S2/c47-35-23-13-24-36(48)41(35)53-45(39(31-15-5-1-6-16-31)43(55-53)33-19-9-3-10-20-33)51-27-29-52(30-28-51)46-40(32-17-7-2-8-18-32)44(34-21-11-4-12-22-34)56-54(46)42-37(49)25-14-26-38(42)50/h1-26,45-46H,27-30H2. The summed E-state index contributed by atoms with van der Waals surface area (Å²) < 4.78 is 4.66. The number of para-hydroxylation sites is 2. The van der Waals surface area contributed by atoms with Crippen LogP contribution in [0.4, 0.5) is 11.4 Å². The van der Waals surface area contributed by atoms with Crippen LogP contribution in [0.1, 0.15) is 22.3 Å². The molecule has 0 amide bonds. The fourth-order valence-electron chi connectivity index (χ4n) is 7.88. The van der Waals surface area contributed by atoms with Gasteiger partial charge in [0.1, 0.15) is 12.3 Å². The van der Waals surface area contributed by atoms with Crippen LogP contribution in [0, 0.1) is 0 Å². The van der Waals surface area contributed by atoms with E-state index in [0.29, 0.717) is 20.1 Å². The summed E-state index contributed by atoms with van der Waals surface area (Å²) in [6.45, 7) is 3.15. The van der Waals surface area contributed by atoms with Gasteiger partial charge in [-0.25, -0.2) is 0 Å². The number of benzene rings is 6. The lowest BCUT2D eigenvalue weighted by molar-refractivity contribution is 0.107. The summed E-state index contributed by atoms with van der Waals surface area (Å²) in [4.78, 5) is 7.54. The maximum Gasteiger partial charge on any atom is 0.121 e. The van der Waals surface area contributed by atoms with Crippen molar-refractivity contribution in [3.8, 4) is 0 Å². The van der Waals surface area contributed by atoms with E-state index >= 15 is 0 Å². The summed E-state index contributed by atoms with van der Waals surface area (Å²) in [6.07, 6.45) is -0.290. The quantitative estimate of drug-likeness (QED) is 0.141. The Kier molecular flexibility index (Phi) is 11.2. The van der Waals surface area contributed by atoms with Crippen molar-refractivity contribution >= 4 is 103 Å². The molecule has 0 bridgehead atoms. The Labute approximate surface area is 357 Å². The normalized spacial score (nSPS) is 19.4. The second-order valence-electron chi connectivity index (χ2n) is 13.7. The fraction of sp³-hybridized carbons (Fsp3) is 0.130. The molecule has 0 aliphatic carbocycles. The molecule has 0 aromatic heterocycles. The van der Waals surface area contributed by atoms with Gasteiger partial charge in [0.05, 0.1) is 31.5 Å². The molecule has 1 saturated heterocycles. The Hall–Kier alpha value is -3.82. The Morgan fingerprint density at radius 3 is 0.946 bits per heavy atom. The van der Waals surface area contributed by atoms with E-state index in [1.54, 1.807) is 23.9 Å². The van der Waals surface area contributed by atoms with Gasteiger partial charge < -0.3 is 0 Å². The molecule has 3 aliphatic rings. The van der Waals surface area contributed by atoms with Crippen LogP contribution in [-0.4, -0.2) is 48.3 Å². The van der Waals surface area contributed by atoms with Gasteiger partial charge in [0, 0.05) is 47.1 Å². The molecule has 0 saturated carbocycles. The van der Waals surface area contributed by atoms with Crippen LogP contribution in [0.25, 0.3) is 21.0 Å². The van der Waals surface area contributed by atoms with Crippen LogP contribution < -0.4 is 8.61 Å². The van der Waals surface area contributed by atoms with Gasteiger partial charge in [0.2, 0.25) is 0 Å². The van der Waals surface area contributed by atoms with Gasteiger partial charge in [-0.1, -0.05) is 180 Å². The molecule has 1 fully saturated rings. The molecule has 0 spiro atoms. The van der Waals surface area contributed by atoms with Crippen LogP contribution in [0.3, 0.4) is 0 Å². The van der Waals surface area contributed by atoms with Gasteiger partial charge in [-0.15, -0.1) is 0 Å². The minimum Gasteiger partial charge on any atom is -0.288 e. The largest absolute Gasteiger partial charge is 0.288 e. The highest BCUT2D eigenvalue weighted by Crippen LogP contribution is 2.56. The molecule has 10 heteroatoms. The lowest BCUT2D eigenvalue weighted by Crippen LogP contribution is -2.58. The van der Waals surface area contributed by atoms with E-state index in [2.05, 4.69) is 140 Å². The van der Waals surface area contributed by atoms with Crippen molar-refractivity contribution in [2.24, 2.45) is 0 Å². The maximum absolute atomic E-state index is 7.03. The SMILES string of the molecule is Clc1cccc(Cl)c1N1SC(c2ccccc2)=C(c2ccccc2)C1N1CCN(C2C(c3ccccc3)=C(c3ccccc3)SN2c2c(Cl)cccc2Cl)CC1. The Morgan fingerprint density at radius 1 is 0.357 bits per heavy atom. The van der Waals surface area contributed by atoms with Crippen molar-refractivity contribution < 1.29 is 0 Å². The lowest BCUT2D eigenvalue weighted by atomic mass is 9.97. The fourth-order valence-corrected chi connectivity index (χ4v) is 12.0. The summed E-state index contributed by atoms with van der Waals surface area (Å²) in [5.74, 6) is 0. The van der Waals surface area contributed by atoms with Gasteiger partial charge in [-0.05, 0) is 70.4 Å².